The molecule has 0 aliphatic carbocycles. The third kappa shape index (κ3) is 3.33. The summed E-state index contributed by atoms with van der Waals surface area (Å²) in [5.74, 6) is 0.732. The van der Waals surface area contributed by atoms with Gasteiger partial charge in [-0.25, -0.2) is 4.98 Å². The second-order valence-corrected chi connectivity index (χ2v) is 8.41. The fraction of sp³-hybridized carbons (Fsp3) is 0.0769. The summed E-state index contributed by atoms with van der Waals surface area (Å²) in [6.45, 7) is 2.09. The maximum atomic E-state index is 13.4. The first-order chi connectivity index (χ1) is 15.2. The second kappa shape index (κ2) is 7.85. The van der Waals surface area contributed by atoms with Crippen molar-refractivity contribution in [2.24, 2.45) is 0 Å². The Hall–Kier alpha value is -3.70. The molecule has 0 saturated heterocycles. The van der Waals surface area contributed by atoms with Crippen molar-refractivity contribution in [1.29, 1.82) is 0 Å². The van der Waals surface area contributed by atoms with Gasteiger partial charge in [-0.05, 0) is 36.8 Å². The number of methoxy groups -OCH3 is 1. The molecule has 4 nitrogen and oxygen atoms in total. The number of ether oxygens (including phenoxy) is 1. The van der Waals surface area contributed by atoms with E-state index in [0.29, 0.717) is 11.3 Å². The summed E-state index contributed by atoms with van der Waals surface area (Å²) in [5.41, 5.74) is 4.98. The summed E-state index contributed by atoms with van der Waals surface area (Å²) in [6, 6.07) is 27.3. The Balaban J connectivity index is 1.79. The molecular formula is C26H20N2O2S. The van der Waals surface area contributed by atoms with Crippen molar-refractivity contribution >= 4 is 22.1 Å². The van der Waals surface area contributed by atoms with Crippen molar-refractivity contribution in [3.8, 4) is 28.3 Å². The molecule has 0 bridgehead atoms. The van der Waals surface area contributed by atoms with Gasteiger partial charge in [0, 0.05) is 16.0 Å². The molecule has 0 unspecified atom stereocenters. The highest BCUT2D eigenvalue weighted by molar-refractivity contribution is 7.17. The SMILES string of the molecule is COc1ccc(-c2c(C)sc3nc(C(=O)c4ccccc4)c(-c4ccccc4)n23)cc1. The van der Waals surface area contributed by atoms with Gasteiger partial charge < -0.3 is 4.74 Å². The lowest BCUT2D eigenvalue weighted by molar-refractivity contribution is 0.103. The average molecular weight is 425 g/mol. The molecule has 3 aromatic carbocycles. The summed E-state index contributed by atoms with van der Waals surface area (Å²) in [4.78, 5) is 20.2. The van der Waals surface area contributed by atoms with Gasteiger partial charge in [-0.1, -0.05) is 60.7 Å². The Labute approximate surface area is 184 Å². The van der Waals surface area contributed by atoms with Crippen molar-refractivity contribution in [3.05, 3.63) is 101 Å². The van der Waals surface area contributed by atoms with Gasteiger partial charge in [0.15, 0.2) is 4.96 Å². The number of aromatic nitrogens is 2. The van der Waals surface area contributed by atoms with Crippen LogP contribution in [0.2, 0.25) is 0 Å². The summed E-state index contributed by atoms with van der Waals surface area (Å²) >= 11 is 1.59. The molecule has 152 valence electrons. The monoisotopic (exact) mass is 424 g/mol. The zero-order chi connectivity index (χ0) is 21.4. The first kappa shape index (κ1) is 19.3. The maximum Gasteiger partial charge on any atom is 0.213 e. The minimum absolute atomic E-state index is 0.0753. The number of hydrogen-bond acceptors (Lipinski definition) is 4. The number of carbonyl (C=O) groups is 1. The van der Waals surface area contributed by atoms with Crippen LogP contribution >= 0.6 is 11.3 Å². The van der Waals surface area contributed by atoms with Crippen molar-refractivity contribution in [1.82, 2.24) is 9.38 Å². The van der Waals surface area contributed by atoms with Crippen LogP contribution in [0.4, 0.5) is 0 Å². The maximum absolute atomic E-state index is 13.4. The van der Waals surface area contributed by atoms with Crippen LogP contribution in [-0.2, 0) is 0 Å². The fourth-order valence-electron chi connectivity index (χ4n) is 3.85. The van der Waals surface area contributed by atoms with E-state index < -0.39 is 0 Å². The number of thiazole rings is 1. The minimum atomic E-state index is -0.0753. The van der Waals surface area contributed by atoms with Gasteiger partial charge in [0.25, 0.3) is 0 Å². The van der Waals surface area contributed by atoms with Crippen molar-refractivity contribution < 1.29 is 9.53 Å². The van der Waals surface area contributed by atoms with Crippen LogP contribution in [0.5, 0.6) is 5.75 Å². The van der Waals surface area contributed by atoms with E-state index in [0.717, 1.165) is 38.1 Å². The lowest BCUT2D eigenvalue weighted by Gasteiger charge is -2.09. The first-order valence-electron chi connectivity index (χ1n) is 9.99. The average Bonchev–Trinajstić information content (AvgIpc) is 3.34. The molecular weight excluding hydrogens is 404 g/mol. The van der Waals surface area contributed by atoms with Crippen molar-refractivity contribution in [3.63, 3.8) is 0 Å². The van der Waals surface area contributed by atoms with E-state index in [1.165, 1.54) is 0 Å². The molecule has 0 N–H and O–H groups in total. The van der Waals surface area contributed by atoms with Crippen molar-refractivity contribution in [2.45, 2.75) is 6.92 Å². The molecule has 0 aliphatic rings. The minimum Gasteiger partial charge on any atom is -0.497 e. The number of benzene rings is 3. The van der Waals surface area contributed by atoms with Crippen LogP contribution in [0.25, 0.3) is 27.5 Å². The summed E-state index contributed by atoms with van der Waals surface area (Å²) < 4.78 is 7.44. The Kier molecular flexibility index (Phi) is 4.88. The highest BCUT2D eigenvalue weighted by Gasteiger charge is 2.25. The molecule has 0 radical (unpaired) electrons. The second-order valence-electron chi connectivity index (χ2n) is 7.22. The van der Waals surface area contributed by atoms with Crippen LogP contribution in [0.3, 0.4) is 0 Å². The number of ketones is 1. The number of imidazole rings is 1. The van der Waals surface area contributed by atoms with Crippen LogP contribution < -0.4 is 4.74 Å². The first-order valence-corrected chi connectivity index (χ1v) is 10.8. The predicted molar refractivity (Wildman–Crippen MR) is 125 cm³/mol. The summed E-state index contributed by atoms with van der Waals surface area (Å²) in [6.07, 6.45) is 0. The van der Waals surface area contributed by atoms with E-state index in [-0.39, 0.29) is 5.78 Å². The van der Waals surface area contributed by atoms with Gasteiger partial charge in [0.05, 0.1) is 18.5 Å². The molecule has 5 aromatic rings. The number of fused-ring (bicyclic) bond motifs is 1. The Bertz CT molecular complexity index is 1370. The third-order valence-electron chi connectivity index (χ3n) is 5.31. The van der Waals surface area contributed by atoms with Gasteiger partial charge in [-0.3, -0.25) is 9.20 Å². The summed E-state index contributed by atoms with van der Waals surface area (Å²) in [5, 5.41) is 0. The highest BCUT2D eigenvalue weighted by atomic mass is 32.1. The molecule has 0 saturated carbocycles. The van der Waals surface area contributed by atoms with Crippen LogP contribution in [0.15, 0.2) is 84.9 Å². The molecule has 5 rings (SSSR count). The topological polar surface area (TPSA) is 43.6 Å². The fourth-order valence-corrected chi connectivity index (χ4v) is 4.84. The zero-order valence-corrected chi connectivity index (χ0v) is 18.0. The van der Waals surface area contributed by atoms with Gasteiger partial charge in [0.1, 0.15) is 11.4 Å². The molecule has 0 fully saturated rings. The molecule has 0 spiro atoms. The Morgan fingerprint density at radius 2 is 1.45 bits per heavy atom. The number of aryl methyl sites for hydroxylation is 1. The van der Waals surface area contributed by atoms with E-state index in [9.17, 15) is 4.79 Å². The molecule has 31 heavy (non-hydrogen) atoms. The Morgan fingerprint density at radius 3 is 2.10 bits per heavy atom. The van der Waals surface area contributed by atoms with Gasteiger partial charge >= 0.3 is 0 Å². The normalized spacial score (nSPS) is 11.0. The van der Waals surface area contributed by atoms with E-state index in [1.807, 2.05) is 84.9 Å². The molecule has 0 amide bonds. The number of carbonyl (C=O) groups excluding carboxylic acids is 1. The quantitative estimate of drug-likeness (QED) is 0.312. The van der Waals surface area contributed by atoms with Gasteiger partial charge in [-0.2, -0.15) is 0 Å². The molecule has 0 aliphatic heterocycles. The number of nitrogens with zero attached hydrogens (tertiary/aromatic N) is 2. The molecule has 0 atom stereocenters. The number of hydrogen-bond donors (Lipinski definition) is 0. The molecule has 5 heteroatoms. The Morgan fingerprint density at radius 1 is 0.839 bits per heavy atom. The van der Waals surface area contributed by atoms with E-state index >= 15 is 0 Å². The van der Waals surface area contributed by atoms with Gasteiger partial charge in [-0.15, -0.1) is 11.3 Å². The van der Waals surface area contributed by atoms with Crippen molar-refractivity contribution in [2.75, 3.05) is 7.11 Å². The molecule has 2 heterocycles. The van der Waals surface area contributed by atoms with E-state index in [2.05, 4.69) is 11.3 Å². The largest absolute Gasteiger partial charge is 0.497 e. The van der Waals surface area contributed by atoms with Crippen LogP contribution in [0.1, 0.15) is 20.9 Å². The lowest BCUT2D eigenvalue weighted by atomic mass is 10.0. The van der Waals surface area contributed by atoms with Crippen LogP contribution in [-0.4, -0.2) is 22.3 Å². The summed E-state index contributed by atoms with van der Waals surface area (Å²) in [7, 11) is 1.66. The standard InChI is InChI=1S/C26H20N2O2S/c1-17-23(19-13-15-21(30-2)16-14-19)28-24(18-9-5-3-6-10-18)22(27-26(28)31-17)25(29)20-11-7-4-8-12-20/h3-16H,1-2H3. The third-order valence-corrected chi connectivity index (χ3v) is 6.27. The van der Waals surface area contributed by atoms with E-state index in [4.69, 9.17) is 9.72 Å². The molecule has 2 aromatic heterocycles. The predicted octanol–water partition coefficient (Wildman–Crippen LogP) is 6.28. The highest BCUT2D eigenvalue weighted by Crippen LogP contribution is 2.38. The van der Waals surface area contributed by atoms with E-state index in [1.54, 1.807) is 18.4 Å². The number of rotatable bonds is 5. The van der Waals surface area contributed by atoms with Crippen LogP contribution in [0, 0.1) is 6.92 Å². The van der Waals surface area contributed by atoms with Gasteiger partial charge in [0.2, 0.25) is 5.78 Å². The zero-order valence-electron chi connectivity index (χ0n) is 17.2. The smallest absolute Gasteiger partial charge is 0.213 e. The lowest BCUT2D eigenvalue weighted by Crippen LogP contribution is -2.04.